The monoisotopic (exact) mass is 252 g/mol. The first kappa shape index (κ1) is 15.7. The van der Waals surface area contributed by atoms with Crippen molar-refractivity contribution in [1.29, 1.82) is 0 Å². The first-order chi connectivity index (χ1) is 8.60. The molecular formula is C16H32N2. The standard InChI is InChI=1S/C16H32N2/c1-6-16(7-2,18-11-9-10-12-18)15(17-8-3)13-14(4)5/h15,17H,4,6-13H2,1-3,5H3. The van der Waals surface area contributed by atoms with Gasteiger partial charge in [-0.1, -0.05) is 26.3 Å². The van der Waals surface area contributed by atoms with Crippen LogP contribution in [0.25, 0.3) is 0 Å². The molecular weight excluding hydrogens is 220 g/mol. The van der Waals surface area contributed by atoms with Crippen molar-refractivity contribution >= 4 is 0 Å². The molecule has 18 heavy (non-hydrogen) atoms. The Labute approximate surface area is 114 Å². The number of likely N-dealkylation sites (N-methyl/N-ethyl adjacent to an activating group) is 1. The highest BCUT2D eigenvalue weighted by atomic mass is 15.2. The average molecular weight is 252 g/mol. The van der Waals surface area contributed by atoms with Gasteiger partial charge in [-0.25, -0.2) is 0 Å². The molecule has 0 saturated carbocycles. The molecule has 1 rings (SSSR count). The molecule has 0 aromatic carbocycles. The van der Waals surface area contributed by atoms with Gasteiger partial charge in [0.25, 0.3) is 0 Å². The number of likely N-dealkylation sites (tertiary alicyclic amines) is 1. The summed E-state index contributed by atoms with van der Waals surface area (Å²) >= 11 is 0. The molecule has 0 spiro atoms. The third-order valence-corrected chi connectivity index (χ3v) is 4.61. The summed E-state index contributed by atoms with van der Waals surface area (Å²) in [6.45, 7) is 16.8. The smallest absolute Gasteiger partial charge is 0.0360 e. The molecule has 2 nitrogen and oxygen atoms in total. The van der Waals surface area contributed by atoms with E-state index >= 15 is 0 Å². The first-order valence-corrected chi connectivity index (χ1v) is 7.73. The largest absolute Gasteiger partial charge is 0.312 e. The SMILES string of the molecule is C=C(C)CC(NCC)C(CC)(CC)N1CCCC1. The highest BCUT2D eigenvalue weighted by Crippen LogP contribution is 2.33. The third kappa shape index (κ3) is 3.36. The van der Waals surface area contributed by atoms with Gasteiger partial charge >= 0.3 is 0 Å². The Hall–Kier alpha value is -0.340. The Morgan fingerprint density at radius 1 is 1.22 bits per heavy atom. The lowest BCUT2D eigenvalue weighted by Crippen LogP contribution is -2.60. The Kier molecular flexibility index (Phi) is 6.37. The van der Waals surface area contributed by atoms with Crippen molar-refractivity contribution in [1.82, 2.24) is 10.2 Å². The van der Waals surface area contributed by atoms with Crippen LogP contribution in [0.3, 0.4) is 0 Å². The number of nitrogens with one attached hydrogen (secondary N) is 1. The average Bonchev–Trinajstić information content (AvgIpc) is 2.85. The molecule has 1 aliphatic heterocycles. The number of hydrogen-bond donors (Lipinski definition) is 1. The highest BCUT2D eigenvalue weighted by molar-refractivity contribution is 5.06. The van der Waals surface area contributed by atoms with Crippen molar-refractivity contribution in [2.45, 2.75) is 71.4 Å². The van der Waals surface area contributed by atoms with E-state index in [4.69, 9.17) is 0 Å². The number of hydrogen-bond acceptors (Lipinski definition) is 2. The molecule has 0 radical (unpaired) electrons. The lowest BCUT2D eigenvalue weighted by Gasteiger charge is -2.47. The van der Waals surface area contributed by atoms with E-state index in [9.17, 15) is 0 Å². The molecule has 1 aliphatic rings. The zero-order chi connectivity index (χ0) is 13.6. The lowest BCUT2D eigenvalue weighted by molar-refractivity contribution is 0.0627. The summed E-state index contributed by atoms with van der Waals surface area (Å²) < 4.78 is 0. The molecule has 1 heterocycles. The van der Waals surface area contributed by atoms with E-state index in [2.05, 4.69) is 44.5 Å². The van der Waals surface area contributed by atoms with E-state index in [1.54, 1.807) is 0 Å². The van der Waals surface area contributed by atoms with Crippen LogP contribution < -0.4 is 5.32 Å². The summed E-state index contributed by atoms with van der Waals surface area (Å²) in [5.74, 6) is 0. The van der Waals surface area contributed by atoms with Crippen LogP contribution in [0.15, 0.2) is 12.2 Å². The van der Waals surface area contributed by atoms with Crippen LogP contribution in [-0.4, -0.2) is 36.1 Å². The van der Waals surface area contributed by atoms with Crippen LogP contribution in [0.5, 0.6) is 0 Å². The summed E-state index contributed by atoms with van der Waals surface area (Å²) in [4.78, 5) is 2.74. The molecule has 1 atom stereocenters. The van der Waals surface area contributed by atoms with Gasteiger partial charge in [-0.3, -0.25) is 4.90 Å². The van der Waals surface area contributed by atoms with Gasteiger partial charge in [0.05, 0.1) is 0 Å². The molecule has 0 aliphatic carbocycles. The molecule has 2 heteroatoms. The maximum Gasteiger partial charge on any atom is 0.0360 e. The first-order valence-electron chi connectivity index (χ1n) is 7.73. The van der Waals surface area contributed by atoms with Gasteiger partial charge in [0, 0.05) is 11.6 Å². The molecule has 1 fully saturated rings. The summed E-state index contributed by atoms with van der Waals surface area (Å²) in [6, 6.07) is 0.549. The van der Waals surface area contributed by atoms with Crippen LogP contribution in [0, 0.1) is 0 Å². The van der Waals surface area contributed by atoms with Gasteiger partial charge in [0.15, 0.2) is 0 Å². The van der Waals surface area contributed by atoms with Gasteiger partial charge < -0.3 is 5.32 Å². The Morgan fingerprint density at radius 3 is 2.17 bits per heavy atom. The minimum Gasteiger partial charge on any atom is -0.312 e. The molecule has 1 unspecified atom stereocenters. The number of rotatable bonds is 8. The normalized spacial score (nSPS) is 19.1. The fourth-order valence-corrected chi connectivity index (χ4v) is 3.62. The van der Waals surface area contributed by atoms with Gasteiger partial charge in [0.2, 0.25) is 0 Å². The zero-order valence-electron chi connectivity index (χ0n) is 12.9. The second-order valence-electron chi connectivity index (χ2n) is 5.78. The second-order valence-corrected chi connectivity index (χ2v) is 5.78. The van der Waals surface area contributed by atoms with Gasteiger partial charge in [-0.2, -0.15) is 0 Å². The van der Waals surface area contributed by atoms with E-state index in [0.717, 1.165) is 13.0 Å². The van der Waals surface area contributed by atoms with Gasteiger partial charge in [-0.15, -0.1) is 6.58 Å². The summed E-state index contributed by atoms with van der Waals surface area (Å²) in [5, 5.41) is 3.73. The predicted octanol–water partition coefficient (Wildman–Crippen LogP) is 3.59. The van der Waals surface area contributed by atoms with Crippen molar-refractivity contribution in [3.63, 3.8) is 0 Å². The second kappa shape index (κ2) is 7.30. The molecule has 0 aromatic heterocycles. The third-order valence-electron chi connectivity index (χ3n) is 4.61. The minimum atomic E-state index is 0.325. The maximum atomic E-state index is 4.13. The van der Waals surface area contributed by atoms with Gasteiger partial charge in [0.1, 0.15) is 0 Å². The molecule has 106 valence electrons. The Bertz CT molecular complexity index is 250. The van der Waals surface area contributed by atoms with E-state index in [1.807, 2.05) is 0 Å². The molecule has 0 bridgehead atoms. The van der Waals surface area contributed by atoms with Crippen LogP contribution in [0.4, 0.5) is 0 Å². The molecule has 0 amide bonds. The van der Waals surface area contributed by atoms with Crippen molar-refractivity contribution in [3.05, 3.63) is 12.2 Å². The number of nitrogens with zero attached hydrogens (tertiary/aromatic N) is 1. The predicted molar refractivity (Wildman–Crippen MR) is 81.0 cm³/mol. The quantitative estimate of drug-likeness (QED) is 0.664. The van der Waals surface area contributed by atoms with Crippen LogP contribution in [-0.2, 0) is 0 Å². The Morgan fingerprint density at radius 2 is 1.78 bits per heavy atom. The van der Waals surface area contributed by atoms with Crippen molar-refractivity contribution in [2.24, 2.45) is 0 Å². The van der Waals surface area contributed by atoms with E-state index < -0.39 is 0 Å². The van der Waals surface area contributed by atoms with E-state index in [1.165, 1.54) is 44.3 Å². The van der Waals surface area contributed by atoms with Crippen LogP contribution in [0.2, 0.25) is 0 Å². The van der Waals surface area contributed by atoms with Crippen molar-refractivity contribution < 1.29 is 0 Å². The van der Waals surface area contributed by atoms with Crippen molar-refractivity contribution in [2.75, 3.05) is 19.6 Å². The summed E-state index contributed by atoms with van der Waals surface area (Å²) in [7, 11) is 0. The van der Waals surface area contributed by atoms with Crippen molar-refractivity contribution in [3.8, 4) is 0 Å². The lowest BCUT2D eigenvalue weighted by atomic mass is 9.80. The summed E-state index contributed by atoms with van der Waals surface area (Å²) in [6.07, 6.45) is 6.30. The molecule has 1 N–H and O–H groups in total. The Balaban J connectivity index is 2.92. The summed E-state index contributed by atoms with van der Waals surface area (Å²) in [5.41, 5.74) is 1.62. The van der Waals surface area contributed by atoms with E-state index in [0.29, 0.717) is 11.6 Å². The molecule has 0 aromatic rings. The van der Waals surface area contributed by atoms with Crippen LogP contribution in [0.1, 0.15) is 59.8 Å². The zero-order valence-corrected chi connectivity index (χ0v) is 12.9. The van der Waals surface area contributed by atoms with Crippen LogP contribution >= 0.6 is 0 Å². The van der Waals surface area contributed by atoms with Gasteiger partial charge in [-0.05, 0) is 58.7 Å². The topological polar surface area (TPSA) is 15.3 Å². The fraction of sp³-hybridized carbons (Fsp3) is 0.875. The molecule has 1 saturated heterocycles. The maximum absolute atomic E-state index is 4.13. The fourth-order valence-electron chi connectivity index (χ4n) is 3.62. The minimum absolute atomic E-state index is 0.325. The highest BCUT2D eigenvalue weighted by Gasteiger charge is 2.41. The van der Waals surface area contributed by atoms with E-state index in [-0.39, 0.29) is 0 Å².